The van der Waals surface area contributed by atoms with Gasteiger partial charge in [-0.3, -0.25) is 4.79 Å². The first-order chi connectivity index (χ1) is 12.1. The number of hydrogen-bond acceptors (Lipinski definition) is 3. The number of ether oxygens (including phenoxy) is 1. The van der Waals surface area contributed by atoms with E-state index in [4.69, 9.17) is 4.74 Å². The maximum atomic E-state index is 12.3. The lowest BCUT2D eigenvalue weighted by atomic mass is 10.2. The summed E-state index contributed by atoms with van der Waals surface area (Å²) in [6, 6.07) is 14.4. The number of anilines is 2. The Morgan fingerprint density at radius 1 is 1.20 bits per heavy atom. The molecule has 0 aliphatic carbocycles. The van der Waals surface area contributed by atoms with Gasteiger partial charge < -0.3 is 20.3 Å². The second-order valence-corrected chi connectivity index (χ2v) is 6.04. The van der Waals surface area contributed by atoms with E-state index in [1.807, 2.05) is 49.4 Å². The van der Waals surface area contributed by atoms with Gasteiger partial charge in [-0.25, -0.2) is 4.79 Å². The van der Waals surface area contributed by atoms with E-state index in [0.29, 0.717) is 18.0 Å². The van der Waals surface area contributed by atoms with Crippen LogP contribution in [0.15, 0.2) is 48.5 Å². The average Bonchev–Trinajstić information content (AvgIpc) is 2.96. The third kappa shape index (κ3) is 3.91. The molecule has 1 heterocycles. The number of hydrogen-bond donors (Lipinski definition) is 2. The number of nitrogens with one attached hydrogen (secondary N) is 2. The standard InChI is InChI=1S/C19H21N3O3/c1-13-8-9-17(25-2)16(10-13)21-19(24)20-14-11-18(23)22(12-14)15-6-4-3-5-7-15/h3-10,14H,11-12H2,1-2H3,(H2,20,21,24)/t14-/m1/s1. The van der Waals surface area contributed by atoms with Crippen molar-refractivity contribution >= 4 is 23.3 Å². The first-order valence-electron chi connectivity index (χ1n) is 8.14. The van der Waals surface area contributed by atoms with E-state index in [2.05, 4.69) is 10.6 Å². The number of amides is 3. The zero-order valence-electron chi connectivity index (χ0n) is 14.3. The predicted molar refractivity (Wildman–Crippen MR) is 97.1 cm³/mol. The van der Waals surface area contributed by atoms with Crippen molar-refractivity contribution in [2.75, 3.05) is 23.9 Å². The third-order valence-electron chi connectivity index (χ3n) is 4.13. The Morgan fingerprint density at radius 2 is 1.96 bits per heavy atom. The number of aryl methyl sites for hydroxylation is 1. The molecule has 1 atom stereocenters. The van der Waals surface area contributed by atoms with Gasteiger partial charge in [0.2, 0.25) is 5.91 Å². The van der Waals surface area contributed by atoms with E-state index in [1.54, 1.807) is 18.1 Å². The van der Waals surface area contributed by atoms with Gasteiger partial charge in [-0.05, 0) is 36.8 Å². The molecule has 0 saturated carbocycles. The first kappa shape index (κ1) is 16.8. The largest absolute Gasteiger partial charge is 0.495 e. The summed E-state index contributed by atoms with van der Waals surface area (Å²) < 4.78 is 5.26. The van der Waals surface area contributed by atoms with Gasteiger partial charge in [-0.1, -0.05) is 24.3 Å². The molecule has 0 bridgehead atoms. The highest BCUT2D eigenvalue weighted by atomic mass is 16.5. The minimum absolute atomic E-state index is 0.00429. The van der Waals surface area contributed by atoms with E-state index in [9.17, 15) is 9.59 Å². The first-order valence-corrected chi connectivity index (χ1v) is 8.14. The zero-order chi connectivity index (χ0) is 17.8. The Kier molecular flexibility index (Phi) is 4.88. The highest BCUT2D eigenvalue weighted by Gasteiger charge is 2.31. The molecular weight excluding hydrogens is 318 g/mol. The smallest absolute Gasteiger partial charge is 0.319 e. The quantitative estimate of drug-likeness (QED) is 0.900. The number of benzene rings is 2. The molecule has 0 spiro atoms. The Bertz CT molecular complexity index is 777. The molecule has 1 aliphatic heterocycles. The molecule has 6 heteroatoms. The minimum atomic E-state index is -0.350. The van der Waals surface area contributed by atoms with Gasteiger partial charge in [0.1, 0.15) is 5.75 Å². The predicted octanol–water partition coefficient (Wildman–Crippen LogP) is 2.93. The van der Waals surface area contributed by atoms with Gasteiger partial charge >= 0.3 is 6.03 Å². The molecule has 6 nitrogen and oxygen atoms in total. The zero-order valence-corrected chi connectivity index (χ0v) is 14.3. The van der Waals surface area contributed by atoms with Crippen LogP contribution in [0.25, 0.3) is 0 Å². The molecule has 0 aromatic heterocycles. The van der Waals surface area contributed by atoms with Crippen LogP contribution in [0, 0.1) is 6.92 Å². The van der Waals surface area contributed by atoms with Crippen LogP contribution < -0.4 is 20.3 Å². The third-order valence-corrected chi connectivity index (χ3v) is 4.13. The van der Waals surface area contributed by atoms with E-state index < -0.39 is 0 Å². The molecule has 25 heavy (non-hydrogen) atoms. The van der Waals surface area contributed by atoms with Crippen LogP contribution >= 0.6 is 0 Å². The summed E-state index contributed by atoms with van der Waals surface area (Å²) in [4.78, 5) is 26.2. The fourth-order valence-corrected chi connectivity index (χ4v) is 2.93. The molecule has 1 saturated heterocycles. The van der Waals surface area contributed by atoms with Crippen molar-refractivity contribution in [1.82, 2.24) is 5.32 Å². The molecule has 0 unspecified atom stereocenters. The molecule has 1 aliphatic rings. The molecule has 2 N–H and O–H groups in total. The molecule has 1 fully saturated rings. The summed E-state index contributed by atoms with van der Waals surface area (Å²) in [6.45, 7) is 2.40. The number of carbonyl (C=O) groups is 2. The lowest BCUT2D eigenvalue weighted by Gasteiger charge is -2.18. The average molecular weight is 339 g/mol. The molecule has 0 radical (unpaired) electrons. The summed E-state index contributed by atoms with van der Waals surface area (Å²) in [6.07, 6.45) is 0.285. The number of rotatable bonds is 4. The van der Waals surface area contributed by atoms with Gasteiger partial charge in [-0.2, -0.15) is 0 Å². The van der Waals surface area contributed by atoms with Crippen molar-refractivity contribution in [3.05, 3.63) is 54.1 Å². The number of methoxy groups -OCH3 is 1. The molecule has 3 rings (SSSR count). The van der Waals surface area contributed by atoms with E-state index >= 15 is 0 Å². The van der Waals surface area contributed by atoms with Crippen LogP contribution in [0.4, 0.5) is 16.2 Å². The normalized spacial score (nSPS) is 16.6. The summed E-state index contributed by atoms with van der Waals surface area (Å²) in [7, 11) is 1.56. The SMILES string of the molecule is COc1ccc(C)cc1NC(=O)N[C@@H]1CC(=O)N(c2ccccc2)C1. The lowest BCUT2D eigenvalue weighted by Crippen LogP contribution is -2.39. The summed E-state index contributed by atoms with van der Waals surface area (Å²) in [5, 5.41) is 5.65. The second kappa shape index (κ2) is 7.25. The Balaban J connectivity index is 1.63. The minimum Gasteiger partial charge on any atom is -0.495 e. The number of carbonyl (C=O) groups excluding carboxylic acids is 2. The summed E-state index contributed by atoms with van der Waals surface area (Å²) >= 11 is 0. The molecular formula is C19H21N3O3. The second-order valence-electron chi connectivity index (χ2n) is 6.04. The maximum absolute atomic E-state index is 12.3. The Labute approximate surface area is 146 Å². The van der Waals surface area contributed by atoms with Crippen LogP contribution in [0.1, 0.15) is 12.0 Å². The lowest BCUT2D eigenvalue weighted by molar-refractivity contribution is -0.117. The fourth-order valence-electron chi connectivity index (χ4n) is 2.93. The van der Waals surface area contributed by atoms with Gasteiger partial charge in [0.05, 0.1) is 18.8 Å². The van der Waals surface area contributed by atoms with Gasteiger partial charge in [0.25, 0.3) is 0 Å². The van der Waals surface area contributed by atoms with E-state index in [-0.39, 0.29) is 24.4 Å². The summed E-state index contributed by atoms with van der Waals surface area (Å²) in [5.74, 6) is 0.596. The van der Waals surface area contributed by atoms with Crippen molar-refractivity contribution in [2.45, 2.75) is 19.4 Å². The van der Waals surface area contributed by atoms with Crippen molar-refractivity contribution < 1.29 is 14.3 Å². The number of para-hydroxylation sites is 1. The molecule has 2 aromatic rings. The van der Waals surface area contributed by atoms with Gasteiger partial charge in [-0.15, -0.1) is 0 Å². The molecule has 2 aromatic carbocycles. The van der Waals surface area contributed by atoms with Crippen molar-refractivity contribution in [2.24, 2.45) is 0 Å². The van der Waals surface area contributed by atoms with Gasteiger partial charge in [0, 0.05) is 18.7 Å². The van der Waals surface area contributed by atoms with Crippen LogP contribution in [0.2, 0.25) is 0 Å². The topological polar surface area (TPSA) is 70.7 Å². The van der Waals surface area contributed by atoms with Crippen LogP contribution in [-0.4, -0.2) is 31.6 Å². The highest BCUT2D eigenvalue weighted by Crippen LogP contribution is 2.25. The van der Waals surface area contributed by atoms with Gasteiger partial charge in [0.15, 0.2) is 0 Å². The molecule has 130 valence electrons. The van der Waals surface area contributed by atoms with Crippen LogP contribution in [0.5, 0.6) is 5.75 Å². The van der Waals surface area contributed by atoms with Crippen molar-refractivity contribution in [1.29, 1.82) is 0 Å². The van der Waals surface area contributed by atoms with Crippen molar-refractivity contribution in [3.8, 4) is 5.75 Å². The monoisotopic (exact) mass is 339 g/mol. The van der Waals surface area contributed by atoms with Crippen LogP contribution in [-0.2, 0) is 4.79 Å². The molecule has 3 amide bonds. The maximum Gasteiger partial charge on any atom is 0.319 e. The Hall–Kier alpha value is -3.02. The van der Waals surface area contributed by atoms with Crippen LogP contribution in [0.3, 0.4) is 0 Å². The number of nitrogens with zero attached hydrogens (tertiary/aromatic N) is 1. The van der Waals surface area contributed by atoms with Crippen molar-refractivity contribution in [3.63, 3.8) is 0 Å². The fraction of sp³-hybridized carbons (Fsp3) is 0.263. The van der Waals surface area contributed by atoms with E-state index in [1.165, 1.54) is 0 Å². The summed E-state index contributed by atoms with van der Waals surface area (Å²) in [5.41, 5.74) is 2.46. The number of urea groups is 1. The highest BCUT2D eigenvalue weighted by molar-refractivity contribution is 5.97. The van der Waals surface area contributed by atoms with E-state index in [0.717, 1.165) is 11.3 Å². The Morgan fingerprint density at radius 3 is 2.68 bits per heavy atom.